The lowest BCUT2D eigenvalue weighted by Crippen LogP contribution is -2.23. The highest BCUT2D eigenvalue weighted by Crippen LogP contribution is 2.25. The molecule has 1 aliphatic heterocycles. The maximum atomic E-state index is 9.80. The average molecular weight is 391 g/mol. The van der Waals surface area contributed by atoms with Crippen LogP contribution in [-0.2, 0) is 26.7 Å². The van der Waals surface area contributed by atoms with Crippen molar-refractivity contribution in [2.75, 3.05) is 13.1 Å². The molecule has 1 aliphatic rings. The molecule has 1 unspecified atom stereocenters. The number of aryl methyl sites for hydroxylation is 2. The third-order valence-electron chi connectivity index (χ3n) is 5.67. The standard InChI is InChI=1S/C24H30N4O/c1-18-7-8-20(24(11-18)22-14-26-27(2)15-22)13-25-12-19-5-3-4-6-21(19)16-28-10-9-23(29)17-28/h3-8,11,14-15,23,25,29H,9-10,12-13,16-17H2,1-2H3. The second kappa shape index (κ2) is 8.91. The number of aliphatic hydroxyl groups is 1. The fraction of sp³-hybridized carbons (Fsp3) is 0.375. The van der Waals surface area contributed by atoms with Crippen LogP contribution in [0.4, 0.5) is 0 Å². The van der Waals surface area contributed by atoms with Gasteiger partial charge < -0.3 is 10.4 Å². The van der Waals surface area contributed by atoms with E-state index in [1.165, 1.54) is 27.8 Å². The van der Waals surface area contributed by atoms with Gasteiger partial charge in [-0.2, -0.15) is 5.10 Å². The Kier molecular flexibility index (Phi) is 6.09. The quantitative estimate of drug-likeness (QED) is 0.650. The van der Waals surface area contributed by atoms with Crippen molar-refractivity contribution >= 4 is 0 Å². The van der Waals surface area contributed by atoms with Gasteiger partial charge in [-0.15, -0.1) is 0 Å². The van der Waals surface area contributed by atoms with Crippen molar-refractivity contribution in [1.29, 1.82) is 0 Å². The van der Waals surface area contributed by atoms with E-state index in [1.807, 2.05) is 17.9 Å². The van der Waals surface area contributed by atoms with E-state index >= 15 is 0 Å². The zero-order valence-corrected chi connectivity index (χ0v) is 17.3. The Bertz CT molecular complexity index is 965. The number of rotatable bonds is 7. The Labute approximate surface area is 173 Å². The van der Waals surface area contributed by atoms with Crippen LogP contribution in [0.2, 0.25) is 0 Å². The molecule has 1 saturated heterocycles. The van der Waals surface area contributed by atoms with Gasteiger partial charge in [-0.25, -0.2) is 0 Å². The van der Waals surface area contributed by atoms with Crippen molar-refractivity contribution < 1.29 is 5.11 Å². The van der Waals surface area contributed by atoms with Crippen LogP contribution in [-0.4, -0.2) is 39.0 Å². The van der Waals surface area contributed by atoms with Gasteiger partial charge in [0.05, 0.1) is 12.3 Å². The SMILES string of the molecule is Cc1ccc(CNCc2ccccc2CN2CCC(O)C2)c(-c2cnn(C)c2)c1. The van der Waals surface area contributed by atoms with Gasteiger partial charge in [-0.1, -0.05) is 48.0 Å². The van der Waals surface area contributed by atoms with Gasteiger partial charge in [0, 0.05) is 51.5 Å². The number of nitrogens with one attached hydrogen (secondary N) is 1. The number of nitrogens with zero attached hydrogens (tertiary/aromatic N) is 3. The monoisotopic (exact) mass is 390 g/mol. The summed E-state index contributed by atoms with van der Waals surface area (Å²) in [6.07, 6.45) is 4.70. The largest absolute Gasteiger partial charge is 0.392 e. The average Bonchev–Trinajstić information content (AvgIpc) is 3.32. The van der Waals surface area contributed by atoms with E-state index in [2.05, 4.69) is 70.9 Å². The Morgan fingerprint density at radius 1 is 1.10 bits per heavy atom. The predicted octanol–water partition coefficient (Wildman–Crippen LogP) is 3.25. The number of aliphatic hydroxyl groups excluding tert-OH is 1. The minimum Gasteiger partial charge on any atom is -0.392 e. The summed E-state index contributed by atoms with van der Waals surface area (Å²) < 4.78 is 1.85. The number of likely N-dealkylation sites (tertiary alicyclic amines) is 1. The molecule has 2 heterocycles. The molecule has 2 aromatic carbocycles. The summed E-state index contributed by atoms with van der Waals surface area (Å²) >= 11 is 0. The van der Waals surface area contributed by atoms with Crippen LogP contribution in [0.25, 0.3) is 11.1 Å². The van der Waals surface area contributed by atoms with Crippen LogP contribution in [0.5, 0.6) is 0 Å². The van der Waals surface area contributed by atoms with Crippen molar-refractivity contribution in [1.82, 2.24) is 20.0 Å². The molecular formula is C24H30N4O. The van der Waals surface area contributed by atoms with Crippen LogP contribution >= 0.6 is 0 Å². The third-order valence-corrected chi connectivity index (χ3v) is 5.67. The third kappa shape index (κ3) is 4.93. The first kappa shape index (κ1) is 19.8. The minimum absolute atomic E-state index is 0.173. The summed E-state index contributed by atoms with van der Waals surface area (Å²) in [5, 5.41) is 17.8. The highest BCUT2D eigenvalue weighted by atomic mass is 16.3. The van der Waals surface area contributed by atoms with Crippen molar-refractivity contribution in [3.05, 3.63) is 77.1 Å². The number of β-amino-alcohol motifs (C(OH)–C–C–N with tert-alkyl or cyclic N) is 1. The second-order valence-electron chi connectivity index (χ2n) is 8.11. The van der Waals surface area contributed by atoms with E-state index in [0.29, 0.717) is 0 Å². The van der Waals surface area contributed by atoms with Gasteiger partial charge >= 0.3 is 0 Å². The van der Waals surface area contributed by atoms with Crippen LogP contribution in [0.15, 0.2) is 54.9 Å². The number of hydrogen-bond donors (Lipinski definition) is 2. The van der Waals surface area contributed by atoms with E-state index in [0.717, 1.165) is 44.7 Å². The van der Waals surface area contributed by atoms with Gasteiger partial charge in [-0.3, -0.25) is 9.58 Å². The van der Waals surface area contributed by atoms with Gasteiger partial charge in [-0.05, 0) is 35.6 Å². The molecule has 29 heavy (non-hydrogen) atoms. The fourth-order valence-electron chi connectivity index (χ4n) is 4.09. The lowest BCUT2D eigenvalue weighted by atomic mass is 9.99. The lowest BCUT2D eigenvalue weighted by molar-refractivity contribution is 0.174. The summed E-state index contributed by atoms with van der Waals surface area (Å²) in [6.45, 7) is 6.41. The highest BCUT2D eigenvalue weighted by Gasteiger charge is 2.20. The van der Waals surface area contributed by atoms with Gasteiger partial charge in [0.2, 0.25) is 0 Å². The molecule has 1 atom stereocenters. The molecule has 5 nitrogen and oxygen atoms in total. The molecule has 0 radical (unpaired) electrons. The van der Waals surface area contributed by atoms with Crippen LogP contribution < -0.4 is 5.32 Å². The van der Waals surface area contributed by atoms with E-state index in [1.54, 1.807) is 0 Å². The van der Waals surface area contributed by atoms with Crippen molar-refractivity contribution in [2.24, 2.45) is 7.05 Å². The van der Waals surface area contributed by atoms with E-state index in [4.69, 9.17) is 0 Å². The molecule has 152 valence electrons. The van der Waals surface area contributed by atoms with Crippen molar-refractivity contribution in [2.45, 2.75) is 39.1 Å². The lowest BCUT2D eigenvalue weighted by Gasteiger charge is -2.18. The van der Waals surface area contributed by atoms with Crippen molar-refractivity contribution in [3.8, 4) is 11.1 Å². The zero-order chi connectivity index (χ0) is 20.2. The van der Waals surface area contributed by atoms with Gasteiger partial charge in [0.15, 0.2) is 0 Å². The van der Waals surface area contributed by atoms with Gasteiger partial charge in [0.25, 0.3) is 0 Å². The molecule has 0 saturated carbocycles. The molecule has 5 heteroatoms. The maximum absolute atomic E-state index is 9.80. The smallest absolute Gasteiger partial charge is 0.0679 e. The summed E-state index contributed by atoms with van der Waals surface area (Å²) in [7, 11) is 1.95. The van der Waals surface area contributed by atoms with Gasteiger partial charge in [0.1, 0.15) is 0 Å². The zero-order valence-electron chi connectivity index (χ0n) is 17.3. The summed E-state index contributed by atoms with van der Waals surface area (Å²) in [5.74, 6) is 0. The molecular weight excluding hydrogens is 360 g/mol. The minimum atomic E-state index is -0.173. The number of benzene rings is 2. The van der Waals surface area contributed by atoms with Crippen LogP contribution in [0.1, 0.15) is 28.7 Å². The number of hydrogen-bond acceptors (Lipinski definition) is 4. The molecule has 1 fully saturated rings. The Balaban J connectivity index is 1.44. The topological polar surface area (TPSA) is 53.3 Å². The summed E-state index contributed by atoms with van der Waals surface area (Å²) in [4.78, 5) is 2.34. The maximum Gasteiger partial charge on any atom is 0.0679 e. The summed E-state index contributed by atoms with van der Waals surface area (Å²) in [5.41, 5.74) is 7.59. The van der Waals surface area contributed by atoms with Crippen molar-refractivity contribution in [3.63, 3.8) is 0 Å². The first-order chi connectivity index (χ1) is 14.1. The number of aromatic nitrogens is 2. The Hall–Kier alpha value is -2.47. The summed E-state index contributed by atoms with van der Waals surface area (Å²) in [6, 6.07) is 15.2. The first-order valence-corrected chi connectivity index (χ1v) is 10.3. The van der Waals surface area contributed by atoms with E-state index in [9.17, 15) is 5.11 Å². The molecule has 4 rings (SSSR count). The molecule has 1 aromatic heterocycles. The van der Waals surface area contributed by atoms with Crippen LogP contribution in [0.3, 0.4) is 0 Å². The first-order valence-electron chi connectivity index (χ1n) is 10.3. The second-order valence-corrected chi connectivity index (χ2v) is 8.11. The molecule has 2 N–H and O–H groups in total. The normalized spacial score (nSPS) is 17.1. The Morgan fingerprint density at radius 3 is 2.62 bits per heavy atom. The van der Waals surface area contributed by atoms with Crippen LogP contribution in [0, 0.1) is 6.92 Å². The molecule has 0 bridgehead atoms. The molecule has 0 spiro atoms. The van der Waals surface area contributed by atoms with E-state index in [-0.39, 0.29) is 6.10 Å². The fourth-order valence-corrected chi connectivity index (χ4v) is 4.09. The molecule has 0 aliphatic carbocycles. The molecule has 0 amide bonds. The van der Waals surface area contributed by atoms with E-state index < -0.39 is 0 Å². The Morgan fingerprint density at radius 2 is 1.90 bits per heavy atom. The highest BCUT2D eigenvalue weighted by molar-refractivity contribution is 5.66. The predicted molar refractivity (Wildman–Crippen MR) is 116 cm³/mol. The molecule has 3 aromatic rings.